The molecule has 33 heavy (non-hydrogen) atoms. The number of thioether (sulfide) groups is 1. The van der Waals surface area contributed by atoms with Crippen LogP contribution in [0, 0.1) is 0 Å². The van der Waals surface area contributed by atoms with Crippen LogP contribution >= 0.6 is 46.6 Å². The molecule has 0 spiro atoms. The van der Waals surface area contributed by atoms with E-state index in [0.29, 0.717) is 48.9 Å². The molecule has 4 rings (SSSR count). The Balaban J connectivity index is 1.49. The lowest BCUT2D eigenvalue weighted by molar-refractivity contribution is -0.115. The lowest BCUT2D eigenvalue weighted by Gasteiger charge is -2.11. The monoisotopic (exact) mass is 518 g/mol. The summed E-state index contributed by atoms with van der Waals surface area (Å²) in [4.78, 5) is 17.3. The van der Waals surface area contributed by atoms with Crippen LogP contribution in [-0.2, 0) is 11.4 Å². The predicted molar refractivity (Wildman–Crippen MR) is 136 cm³/mol. The van der Waals surface area contributed by atoms with Gasteiger partial charge in [0, 0.05) is 10.0 Å². The minimum atomic E-state index is -0.245. The third-order valence-electron chi connectivity index (χ3n) is 4.58. The molecule has 0 atom stereocenters. The number of aliphatic imine (C=N–C) groups is 1. The number of carbonyl (C=O) groups is 1. The fourth-order valence-electron chi connectivity index (χ4n) is 2.95. The molecule has 1 amide bonds. The Labute approximate surface area is 210 Å². The smallest absolute Gasteiger partial charge is 0.264 e. The van der Waals surface area contributed by atoms with Crippen molar-refractivity contribution < 1.29 is 14.3 Å². The second-order valence-electron chi connectivity index (χ2n) is 6.90. The highest BCUT2D eigenvalue weighted by Crippen LogP contribution is 2.34. The first-order chi connectivity index (χ1) is 15.9. The largest absolute Gasteiger partial charge is 0.493 e. The van der Waals surface area contributed by atoms with E-state index in [9.17, 15) is 4.79 Å². The lowest BCUT2D eigenvalue weighted by atomic mass is 10.2. The van der Waals surface area contributed by atoms with E-state index >= 15 is 0 Å². The van der Waals surface area contributed by atoms with Gasteiger partial charge in [0.1, 0.15) is 6.61 Å². The normalized spacial score (nSPS) is 15.7. The first-order valence-corrected chi connectivity index (χ1v) is 11.7. The maximum absolute atomic E-state index is 12.4. The zero-order valence-electron chi connectivity index (χ0n) is 17.3. The summed E-state index contributed by atoms with van der Waals surface area (Å²) in [6, 6.07) is 17.9. The van der Waals surface area contributed by atoms with E-state index in [1.807, 2.05) is 36.4 Å². The minimum Gasteiger partial charge on any atom is -0.493 e. The van der Waals surface area contributed by atoms with E-state index in [1.165, 1.54) is 11.8 Å². The van der Waals surface area contributed by atoms with Gasteiger partial charge in [0.25, 0.3) is 5.91 Å². The van der Waals surface area contributed by atoms with E-state index in [1.54, 1.807) is 37.5 Å². The number of hydrogen-bond acceptors (Lipinski definition) is 5. The minimum absolute atomic E-state index is 0.245. The van der Waals surface area contributed by atoms with Crippen molar-refractivity contribution in [3.63, 3.8) is 0 Å². The molecule has 1 aliphatic rings. The highest BCUT2D eigenvalue weighted by Gasteiger charge is 2.24. The molecule has 3 aromatic carbocycles. The Morgan fingerprint density at radius 3 is 2.45 bits per heavy atom. The van der Waals surface area contributed by atoms with Crippen molar-refractivity contribution in [1.29, 1.82) is 0 Å². The van der Waals surface area contributed by atoms with Crippen LogP contribution in [0.5, 0.6) is 11.5 Å². The highest BCUT2D eigenvalue weighted by molar-refractivity contribution is 8.18. The maximum Gasteiger partial charge on any atom is 0.264 e. The third kappa shape index (κ3) is 6.03. The molecule has 0 saturated carbocycles. The molecule has 168 valence electrons. The van der Waals surface area contributed by atoms with Gasteiger partial charge in [-0.2, -0.15) is 0 Å². The highest BCUT2D eigenvalue weighted by atomic mass is 35.5. The molecule has 1 saturated heterocycles. The molecule has 3 aromatic rings. The standard InChI is InChI=1S/C24H17Cl3N2O3S/c1-31-21-10-15(4-9-20(21)32-13-14-2-5-16(25)6-3-14)11-22-23(30)29-24(33-22)28-19-8-7-17(26)12-18(19)27/h2-12H,13H2,1H3,(H,28,29,30). The first kappa shape index (κ1) is 23.5. The van der Waals surface area contributed by atoms with Crippen LogP contribution in [0.25, 0.3) is 6.08 Å². The number of carbonyl (C=O) groups excluding carboxylic acids is 1. The lowest BCUT2D eigenvalue weighted by Crippen LogP contribution is -2.19. The van der Waals surface area contributed by atoms with Gasteiger partial charge in [0.05, 0.1) is 22.7 Å². The summed E-state index contributed by atoms with van der Waals surface area (Å²) in [5.41, 5.74) is 2.29. The molecular formula is C24H17Cl3N2O3S. The molecule has 1 aliphatic heterocycles. The Bertz CT molecular complexity index is 1260. The van der Waals surface area contributed by atoms with Gasteiger partial charge in [0.15, 0.2) is 16.7 Å². The van der Waals surface area contributed by atoms with Crippen molar-refractivity contribution in [1.82, 2.24) is 5.32 Å². The second-order valence-corrected chi connectivity index (χ2v) is 9.21. The first-order valence-electron chi connectivity index (χ1n) is 9.71. The summed E-state index contributed by atoms with van der Waals surface area (Å²) in [6.45, 7) is 0.374. The molecule has 0 unspecified atom stereocenters. The number of rotatable bonds is 6. The summed E-state index contributed by atoms with van der Waals surface area (Å²) >= 11 is 19.2. The number of amidine groups is 1. The van der Waals surface area contributed by atoms with E-state index in [-0.39, 0.29) is 5.91 Å². The SMILES string of the molecule is COc1cc(C=C2SC(=Nc3ccc(Cl)cc3Cl)NC2=O)ccc1OCc1ccc(Cl)cc1. The van der Waals surface area contributed by atoms with E-state index in [0.717, 1.165) is 11.1 Å². The van der Waals surface area contributed by atoms with E-state index in [2.05, 4.69) is 10.3 Å². The van der Waals surface area contributed by atoms with Gasteiger partial charge >= 0.3 is 0 Å². The van der Waals surface area contributed by atoms with Crippen LogP contribution in [0.4, 0.5) is 5.69 Å². The van der Waals surface area contributed by atoms with E-state index < -0.39 is 0 Å². The molecule has 5 nitrogen and oxygen atoms in total. The quantitative estimate of drug-likeness (QED) is 0.352. The number of benzene rings is 3. The average molecular weight is 520 g/mol. The number of methoxy groups -OCH3 is 1. The zero-order chi connectivity index (χ0) is 23.4. The Kier molecular flexibility index (Phi) is 7.50. The Morgan fingerprint density at radius 2 is 1.73 bits per heavy atom. The Hall–Kier alpha value is -2.64. The van der Waals surface area contributed by atoms with Crippen LogP contribution in [0.1, 0.15) is 11.1 Å². The molecule has 0 bridgehead atoms. The molecule has 0 aliphatic carbocycles. The molecule has 9 heteroatoms. The molecular weight excluding hydrogens is 503 g/mol. The third-order valence-corrected chi connectivity index (χ3v) is 6.28. The van der Waals surface area contributed by atoms with Crippen LogP contribution in [0.15, 0.2) is 70.6 Å². The fraction of sp³-hybridized carbons (Fsp3) is 0.0833. The molecule has 1 N–H and O–H groups in total. The Morgan fingerprint density at radius 1 is 0.970 bits per heavy atom. The van der Waals surface area contributed by atoms with E-state index in [4.69, 9.17) is 44.3 Å². The summed E-state index contributed by atoms with van der Waals surface area (Å²) in [5.74, 6) is 0.909. The predicted octanol–water partition coefficient (Wildman–Crippen LogP) is 7.13. The molecule has 1 heterocycles. The van der Waals surface area contributed by atoms with Crippen LogP contribution in [0.3, 0.4) is 0 Å². The maximum atomic E-state index is 12.4. The summed E-state index contributed by atoms with van der Waals surface area (Å²) in [5, 5.41) is 4.77. The van der Waals surface area contributed by atoms with Crippen LogP contribution in [0.2, 0.25) is 15.1 Å². The van der Waals surface area contributed by atoms with Crippen molar-refractivity contribution >= 4 is 69.4 Å². The van der Waals surface area contributed by atoms with Gasteiger partial charge in [-0.15, -0.1) is 0 Å². The van der Waals surface area contributed by atoms with Gasteiger partial charge in [-0.25, -0.2) is 4.99 Å². The van der Waals surface area contributed by atoms with Crippen LogP contribution < -0.4 is 14.8 Å². The van der Waals surface area contributed by atoms with Crippen molar-refractivity contribution in [3.05, 3.63) is 91.8 Å². The number of hydrogen-bond donors (Lipinski definition) is 1. The summed E-state index contributed by atoms with van der Waals surface area (Å²) in [7, 11) is 1.57. The molecule has 0 aromatic heterocycles. The summed E-state index contributed by atoms with van der Waals surface area (Å²) < 4.78 is 11.4. The van der Waals surface area contributed by atoms with Gasteiger partial charge in [-0.1, -0.05) is 53.0 Å². The number of halogens is 3. The number of nitrogens with one attached hydrogen (secondary N) is 1. The van der Waals surface area contributed by atoms with Gasteiger partial charge in [0.2, 0.25) is 0 Å². The van der Waals surface area contributed by atoms with Crippen molar-refractivity contribution in [2.75, 3.05) is 7.11 Å². The van der Waals surface area contributed by atoms with Gasteiger partial charge < -0.3 is 14.8 Å². The van der Waals surface area contributed by atoms with Gasteiger partial charge in [-0.3, -0.25) is 4.79 Å². The van der Waals surface area contributed by atoms with Gasteiger partial charge in [-0.05, 0) is 71.4 Å². The number of nitrogens with zero attached hydrogens (tertiary/aromatic N) is 1. The number of ether oxygens (including phenoxy) is 2. The molecule has 0 radical (unpaired) electrons. The summed E-state index contributed by atoms with van der Waals surface area (Å²) in [6.07, 6.45) is 1.76. The average Bonchev–Trinajstić information content (AvgIpc) is 3.14. The van der Waals surface area contributed by atoms with Crippen molar-refractivity contribution in [2.45, 2.75) is 6.61 Å². The number of amides is 1. The van der Waals surface area contributed by atoms with Crippen LogP contribution in [-0.4, -0.2) is 18.2 Å². The zero-order valence-corrected chi connectivity index (χ0v) is 20.4. The molecule has 1 fully saturated rings. The second kappa shape index (κ2) is 10.5. The van der Waals surface area contributed by atoms with Crippen molar-refractivity contribution in [3.8, 4) is 11.5 Å². The fourth-order valence-corrected chi connectivity index (χ4v) is 4.36. The topological polar surface area (TPSA) is 59.9 Å². The van der Waals surface area contributed by atoms with Crippen molar-refractivity contribution in [2.24, 2.45) is 4.99 Å².